The second-order valence-corrected chi connectivity index (χ2v) is 8.09. The summed E-state index contributed by atoms with van der Waals surface area (Å²) in [5.41, 5.74) is 3.10. The molecule has 0 saturated heterocycles. The Morgan fingerprint density at radius 1 is 1.23 bits per heavy atom. The van der Waals surface area contributed by atoms with Gasteiger partial charge in [0.15, 0.2) is 17.1 Å². The number of ether oxygens (including phenoxy) is 1. The van der Waals surface area contributed by atoms with E-state index in [1.54, 1.807) is 6.08 Å². The van der Waals surface area contributed by atoms with Crippen molar-refractivity contribution in [3.63, 3.8) is 0 Å². The van der Waals surface area contributed by atoms with Gasteiger partial charge in [0.25, 0.3) is 0 Å². The molecule has 162 valence electrons. The van der Waals surface area contributed by atoms with Crippen LogP contribution in [0.5, 0.6) is 5.75 Å². The fraction of sp³-hybridized carbons (Fsp3) is 0.292. The summed E-state index contributed by atoms with van der Waals surface area (Å²) >= 11 is 1.34. The number of anilines is 1. The Hall–Kier alpha value is -3.06. The summed E-state index contributed by atoms with van der Waals surface area (Å²) in [6, 6.07) is 15.8. The number of carbonyl (C=O) groups excluding carboxylic acids is 1. The molecule has 1 atom stereocenters. The Bertz CT molecular complexity index is 1030. The van der Waals surface area contributed by atoms with E-state index in [2.05, 4.69) is 41.1 Å². The molecule has 1 heterocycles. The van der Waals surface area contributed by atoms with Gasteiger partial charge >= 0.3 is 0 Å². The van der Waals surface area contributed by atoms with Crippen molar-refractivity contribution in [2.45, 2.75) is 45.0 Å². The summed E-state index contributed by atoms with van der Waals surface area (Å²) in [4.78, 5) is 12.4. The van der Waals surface area contributed by atoms with Crippen LogP contribution in [0, 0.1) is 6.92 Å². The molecule has 1 N–H and O–H groups in total. The third kappa shape index (κ3) is 5.98. The zero-order valence-corrected chi connectivity index (χ0v) is 19.0. The summed E-state index contributed by atoms with van der Waals surface area (Å²) in [5.74, 6) is 1.62. The predicted octanol–water partition coefficient (Wildman–Crippen LogP) is 5.21. The minimum absolute atomic E-state index is 0.0886. The van der Waals surface area contributed by atoms with Crippen LogP contribution in [0.1, 0.15) is 36.9 Å². The summed E-state index contributed by atoms with van der Waals surface area (Å²) in [7, 11) is 0. The molecule has 1 unspecified atom stereocenters. The van der Waals surface area contributed by atoms with Crippen LogP contribution < -0.4 is 10.1 Å². The number of benzene rings is 2. The Morgan fingerprint density at radius 2 is 1.97 bits per heavy atom. The molecular formula is C24H28N4O2S. The number of allylic oxidation sites excluding steroid dienone is 1. The highest BCUT2D eigenvalue weighted by Gasteiger charge is 2.20. The second kappa shape index (κ2) is 10.8. The molecule has 0 spiro atoms. The van der Waals surface area contributed by atoms with Gasteiger partial charge in [0.05, 0.1) is 5.75 Å². The molecule has 0 aliphatic carbocycles. The lowest BCUT2D eigenvalue weighted by Crippen LogP contribution is -2.16. The largest absolute Gasteiger partial charge is 0.483 e. The first-order chi connectivity index (χ1) is 15.0. The molecule has 7 heteroatoms. The Balaban J connectivity index is 1.66. The molecule has 3 rings (SSSR count). The Labute approximate surface area is 187 Å². The van der Waals surface area contributed by atoms with E-state index in [9.17, 15) is 4.79 Å². The molecule has 0 radical (unpaired) electrons. The van der Waals surface area contributed by atoms with E-state index in [-0.39, 0.29) is 17.8 Å². The minimum atomic E-state index is -0.296. The van der Waals surface area contributed by atoms with Gasteiger partial charge in [-0.1, -0.05) is 55.1 Å². The van der Waals surface area contributed by atoms with Crippen LogP contribution in [-0.2, 0) is 17.8 Å². The van der Waals surface area contributed by atoms with Gasteiger partial charge in [-0.15, -0.1) is 16.8 Å². The molecule has 2 aromatic carbocycles. The van der Waals surface area contributed by atoms with Crippen molar-refractivity contribution in [3.8, 4) is 5.75 Å². The van der Waals surface area contributed by atoms with Crippen LogP contribution in [0.25, 0.3) is 0 Å². The number of aryl methyl sites for hydroxylation is 2. The molecule has 0 fully saturated rings. The van der Waals surface area contributed by atoms with E-state index in [0.29, 0.717) is 17.5 Å². The third-order valence-electron chi connectivity index (χ3n) is 4.82. The average Bonchev–Trinajstić information content (AvgIpc) is 3.17. The monoisotopic (exact) mass is 436 g/mol. The standard InChI is InChI=1S/C24H28N4O2S/c1-5-15-28-23(18(4)30-20-13-11-19(6-2)12-14-20)26-27-24(28)31-16-22(29)25-21-10-8-7-9-17(21)3/h5,7-14,18H,1,6,15-16H2,2-4H3,(H,25,29). The lowest BCUT2D eigenvalue weighted by atomic mass is 10.2. The second-order valence-electron chi connectivity index (χ2n) is 7.15. The first-order valence-corrected chi connectivity index (χ1v) is 11.3. The topological polar surface area (TPSA) is 69.0 Å². The zero-order chi connectivity index (χ0) is 22.2. The SMILES string of the molecule is C=CCn1c(SCC(=O)Nc2ccccc2C)nnc1C(C)Oc1ccc(CC)cc1. The number of hydrogen-bond donors (Lipinski definition) is 1. The highest BCUT2D eigenvalue weighted by molar-refractivity contribution is 7.99. The maximum absolute atomic E-state index is 12.4. The maximum Gasteiger partial charge on any atom is 0.234 e. The first kappa shape index (κ1) is 22.6. The predicted molar refractivity (Wildman–Crippen MR) is 126 cm³/mol. The van der Waals surface area contributed by atoms with Crippen molar-refractivity contribution >= 4 is 23.4 Å². The molecule has 1 aromatic heterocycles. The lowest BCUT2D eigenvalue weighted by molar-refractivity contribution is -0.113. The van der Waals surface area contributed by atoms with Crippen LogP contribution >= 0.6 is 11.8 Å². The molecule has 0 aliphatic heterocycles. The molecule has 6 nitrogen and oxygen atoms in total. The number of nitrogens with one attached hydrogen (secondary N) is 1. The van der Waals surface area contributed by atoms with Crippen molar-refractivity contribution in [2.24, 2.45) is 0 Å². The molecule has 31 heavy (non-hydrogen) atoms. The van der Waals surface area contributed by atoms with Crippen molar-refractivity contribution in [1.29, 1.82) is 0 Å². The van der Waals surface area contributed by atoms with Crippen LogP contribution in [-0.4, -0.2) is 26.4 Å². The molecule has 0 saturated carbocycles. The van der Waals surface area contributed by atoms with Crippen molar-refractivity contribution in [2.75, 3.05) is 11.1 Å². The molecule has 0 bridgehead atoms. The van der Waals surface area contributed by atoms with Crippen molar-refractivity contribution < 1.29 is 9.53 Å². The number of rotatable bonds is 10. The lowest BCUT2D eigenvalue weighted by Gasteiger charge is -2.16. The first-order valence-electron chi connectivity index (χ1n) is 10.3. The minimum Gasteiger partial charge on any atom is -0.483 e. The van der Waals surface area contributed by atoms with E-state index in [0.717, 1.165) is 23.4 Å². The maximum atomic E-state index is 12.4. The number of nitrogens with zero attached hydrogens (tertiary/aromatic N) is 3. The van der Waals surface area contributed by atoms with Gasteiger partial charge in [-0.25, -0.2) is 0 Å². The fourth-order valence-corrected chi connectivity index (χ4v) is 3.85. The number of aromatic nitrogens is 3. The van der Waals surface area contributed by atoms with E-state index >= 15 is 0 Å². The average molecular weight is 437 g/mol. The summed E-state index contributed by atoms with van der Waals surface area (Å²) < 4.78 is 8.01. The van der Waals surface area contributed by atoms with Gasteiger partial charge in [0.2, 0.25) is 5.91 Å². The highest BCUT2D eigenvalue weighted by Crippen LogP contribution is 2.25. The molecule has 1 amide bonds. The van der Waals surface area contributed by atoms with Crippen LogP contribution in [0.2, 0.25) is 0 Å². The molecule has 0 aliphatic rings. The normalized spacial score (nSPS) is 11.7. The quantitative estimate of drug-likeness (QED) is 0.349. The summed E-state index contributed by atoms with van der Waals surface area (Å²) in [6.07, 6.45) is 2.48. The van der Waals surface area contributed by atoms with Crippen LogP contribution in [0.4, 0.5) is 5.69 Å². The van der Waals surface area contributed by atoms with Gasteiger partial charge in [-0.05, 0) is 49.6 Å². The van der Waals surface area contributed by atoms with Crippen molar-refractivity contribution in [1.82, 2.24) is 14.8 Å². The smallest absolute Gasteiger partial charge is 0.234 e. The highest BCUT2D eigenvalue weighted by atomic mass is 32.2. The number of thioether (sulfide) groups is 1. The Morgan fingerprint density at radius 3 is 2.65 bits per heavy atom. The molecule has 3 aromatic rings. The van der Waals surface area contributed by atoms with E-state index in [4.69, 9.17) is 4.74 Å². The van der Waals surface area contributed by atoms with Crippen LogP contribution in [0.3, 0.4) is 0 Å². The molecular weight excluding hydrogens is 408 g/mol. The van der Waals surface area contributed by atoms with E-state index in [1.807, 2.05) is 54.8 Å². The van der Waals surface area contributed by atoms with E-state index in [1.165, 1.54) is 17.3 Å². The third-order valence-corrected chi connectivity index (χ3v) is 5.78. The number of carbonyl (C=O) groups is 1. The van der Waals surface area contributed by atoms with Gasteiger partial charge in [0, 0.05) is 12.2 Å². The fourth-order valence-electron chi connectivity index (χ4n) is 3.10. The number of amides is 1. The zero-order valence-electron chi connectivity index (χ0n) is 18.2. The van der Waals surface area contributed by atoms with Gasteiger partial charge in [0.1, 0.15) is 5.75 Å². The summed E-state index contributed by atoms with van der Waals surface area (Å²) in [6.45, 7) is 10.4. The Kier molecular flexibility index (Phi) is 7.89. The number of para-hydroxylation sites is 1. The van der Waals surface area contributed by atoms with Gasteiger partial charge in [-0.2, -0.15) is 0 Å². The summed E-state index contributed by atoms with van der Waals surface area (Å²) in [5, 5.41) is 12.2. The van der Waals surface area contributed by atoms with E-state index < -0.39 is 0 Å². The van der Waals surface area contributed by atoms with Crippen LogP contribution in [0.15, 0.2) is 66.3 Å². The van der Waals surface area contributed by atoms with Gasteiger partial charge < -0.3 is 10.1 Å². The van der Waals surface area contributed by atoms with Crippen molar-refractivity contribution in [3.05, 3.63) is 78.1 Å². The van der Waals surface area contributed by atoms with Gasteiger partial charge in [-0.3, -0.25) is 9.36 Å². The number of hydrogen-bond acceptors (Lipinski definition) is 5.